The Balaban J connectivity index is 1.97. The van der Waals surface area contributed by atoms with Gasteiger partial charge in [-0.05, 0) is 37.7 Å². The summed E-state index contributed by atoms with van der Waals surface area (Å²) < 4.78 is 0. The Morgan fingerprint density at radius 1 is 1.06 bits per heavy atom. The Kier molecular flexibility index (Phi) is 2.12. The van der Waals surface area contributed by atoms with Crippen molar-refractivity contribution < 1.29 is 0 Å². The maximum Gasteiger partial charge on any atom is 0.141 e. The minimum absolute atomic E-state index is 1.16. The van der Waals surface area contributed by atoms with E-state index in [0.29, 0.717) is 0 Å². The summed E-state index contributed by atoms with van der Waals surface area (Å²) in [7, 11) is 0. The number of hydrogen-bond acceptors (Lipinski definition) is 4. The van der Waals surface area contributed by atoms with Crippen molar-refractivity contribution in [1.29, 1.82) is 0 Å². The monoisotopic (exact) mass is 245 g/mol. The molecule has 0 radical (unpaired) electrons. The summed E-state index contributed by atoms with van der Waals surface area (Å²) >= 11 is 1.89. The molecule has 2 aromatic heterocycles. The van der Waals surface area contributed by atoms with Crippen LogP contribution in [-0.4, -0.2) is 23.1 Å². The molecular formula is C13H15N3S. The van der Waals surface area contributed by atoms with Gasteiger partial charge in [0.1, 0.15) is 17.0 Å². The minimum atomic E-state index is 1.16. The van der Waals surface area contributed by atoms with Gasteiger partial charge in [-0.1, -0.05) is 0 Å². The van der Waals surface area contributed by atoms with E-state index in [1.54, 1.807) is 16.8 Å². The molecule has 0 bridgehead atoms. The van der Waals surface area contributed by atoms with E-state index in [2.05, 4.69) is 14.9 Å². The summed E-state index contributed by atoms with van der Waals surface area (Å²) in [5.74, 6) is 1.20. The number of fused-ring (bicyclic) bond motifs is 3. The number of aromatic nitrogens is 2. The van der Waals surface area contributed by atoms with Gasteiger partial charge in [0.25, 0.3) is 0 Å². The predicted octanol–water partition coefficient (Wildman–Crippen LogP) is 2.78. The van der Waals surface area contributed by atoms with Crippen LogP contribution in [0, 0.1) is 0 Å². The van der Waals surface area contributed by atoms with Crippen LogP contribution in [0.25, 0.3) is 10.2 Å². The molecule has 1 fully saturated rings. The highest BCUT2D eigenvalue weighted by molar-refractivity contribution is 7.19. The van der Waals surface area contributed by atoms with Crippen LogP contribution in [-0.2, 0) is 12.8 Å². The molecular weight excluding hydrogens is 230 g/mol. The van der Waals surface area contributed by atoms with E-state index in [9.17, 15) is 0 Å². The Morgan fingerprint density at radius 3 is 2.76 bits per heavy atom. The van der Waals surface area contributed by atoms with Crippen LogP contribution < -0.4 is 4.90 Å². The molecule has 17 heavy (non-hydrogen) atoms. The summed E-state index contributed by atoms with van der Waals surface area (Å²) in [5, 5.41) is 1.37. The largest absolute Gasteiger partial charge is 0.356 e. The number of thiophene rings is 1. The molecule has 4 heteroatoms. The highest BCUT2D eigenvalue weighted by Gasteiger charge is 2.24. The summed E-state index contributed by atoms with van der Waals surface area (Å²) in [4.78, 5) is 14.2. The first-order valence-corrected chi connectivity index (χ1v) is 7.25. The molecule has 0 atom stereocenters. The zero-order valence-electron chi connectivity index (χ0n) is 9.78. The van der Waals surface area contributed by atoms with Gasteiger partial charge in [-0.25, -0.2) is 9.97 Å². The maximum atomic E-state index is 4.53. The van der Waals surface area contributed by atoms with Crippen molar-refractivity contribution >= 4 is 27.4 Å². The Bertz CT molecular complexity index is 571. The molecule has 1 aliphatic carbocycles. The smallest absolute Gasteiger partial charge is 0.141 e. The van der Waals surface area contributed by atoms with Gasteiger partial charge in [-0.15, -0.1) is 11.3 Å². The minimum Gasteiger partial charge on any atom is -0.356 e. The van der Waals surface area contributed by atoms with Crippen molar-refractivity contribution in [3.63, 3.8) is 0 Å². The van der Waals surface area contributed by atoms with Crippen LogP contribution in [0.15, 0.2) is 6.33 Å². The second-order valence-corrected chi connectivity index (χ2v) is 6.01. The quantitative estimate of drug-likeness (QED) is 0.773. The highest BCUT2D eigenvalue weighted by atomic mass is 32.1. The van der Waals surface area contributed by atoms with E-state index in [1.807, 2.05) is 11.3 Å². The van der Waals surface area contributed by atoms with Gasteiger partial charge in [0, 0.05) is 18.0 Å². The Morgan fingerprint density at radius 2 is 1.94 bits per heavy atom. The first-order chi connectivity index (χ1) is 8.43. The average molecular weight is 245 g/mol. The normalized spacial score (nSPS) is 19.2. The van der Waals surface area contributed by atoms with E-state index in [-0.39, 0.29) is 0 Å². The summed E-state index contributed by atoms with van der Waals surface area (Å²) in [6.07, 6.45) is 8.18. The topological polar surface area (TPSA) is 29.0 Å². The molecule has 1 saturated heterocycles. The fraction of sp³-hybridized carbons (Fsp3) is 0.538. The lowest BCUT2D eigenvalue weighted by molar-refractivity contribution is 0.611. The van der Waals surface area contributed by atoms with Gasteiger partial charge >= 0.3 is 0 Å². The van der Waals surface area contributed by atoms with Crippen molar-refractivity contribution in [3.05, 3.63) is 16.8 Å². The van der Waals surface area contributed by atoms with E-state index < -0.39 is 0 Å². The molecule has 0 spiro atoms. The van der Waals surface area contributed by atoms with Crippen molar-refractivity contribution in [3.8, 4) is 0 Å². The fourth-order valence-corrected chi connectivity index (χ4v) is 4.06. The lowest BCUT2D eigenvalue weighted by Gasteiger charge is -2.32. The number of aryl methyl sites for hydroxylation is 2. The molecule has 4 rings (SSSR count). The molecule has 0 saturated carbocycles. The van der Waals surface area contributed by atoms with Gasteiger partial charge in [0.05, 0.1) is 5.39 Å². The van der Waals surface area contributed by atoms with Gasteiger partial charge in [0.15, 0.2) is 0 Å². The molecule has 0 amide bonds. The SMILES string of the molecule is c1nc(N2CCC2)c2c3c(sc2n1)CCCC3. The summed E-state index contributed by atoms with van der Waals surface area (Å²) in [5.41, 5.74) is 1.55. The highest BCUT2D eigenvalue weighted by Crippen LogP contribution is 2.39. The third-order valence-electron chi connectivity index (χ3n) is 3.89. The standard InChI is InChI=1S/C13H15N3S/c1-2-5-10-9(4-1)11-12(16-6-3-7-16)14-8-15-13(11)17-10/h8H,1-7H2. The lowest BCUT2D eigenvalue weighted by Crippen LogP contribution is -2.37. The second kappa shape index (κ2) is 3.67. The molecule has 1 aliphatic heterocycles. The van der Waals surface area contributed by atoms with Crippen LogP contribution in [0.4, 0.5) is 5.82 Å². The van der Waals surface area contributed by atoms with Crippen molar-refractivity contribution in [2.45, 2.75) is 32.1 Å². The first-order valence-electron chi connectivity index (χ1n) is 6.44. The lowest BCUT2D eigenvalue weighted by atomic mass is 9.96. The van der Waals surface area contributed by atoms with Crippen LogP contribution in [0.2, 0.25) is 0 Å². The predicted molar refractivity (Wildman–Crippen MR) is 70.9 cm³/mol. The zero-order chi connectivity index (χ0) is 11.2. The average Bonchev–Trinajstić information content (AvgIpc) is 2.66. The second-order valence-electron chi connectivity index (χ2n) is 4.93. The molecule has 2 aliphatic rings. The van der Waals surface area contributed by atoms with E-state index in [0.717, 1.165) is 13.1 Å². The molecule has 88 valence electrons. The van der Waals surface area contributed by atoms with Gasteiger partial charge < -0.3 is 4.90 Å². The molecule has 0 N–H and O–H groups in total. The van der Waals surface area contributed by atoms with Crippen molar-refractivity contribution in [2.75, 3.05) is 18.0 Å². The van der Waals surface area contributed by atoms with Crippen LogP contribution in [0.3, 0.4) is 0 Å². The number of nitrogens with zero attached hydrogens (tertiary/aromatic N) is 3. The van der Waals surface area contributed by atoms with E-state index >= 15 is 0 Å². The molecule has 0 aromatic carbocycles. The molecule has 2 aromatic rings. The third kappa shape index (κ3) is 1.40. The Labute approximate surface area is 104 Å². The molecule has 3 nitrogen and oxygen atoms in total. The van der Waals surface area contributed by atoms with E-state index in [1.165, 1.54) is 48.1 Å². The molecule has 3 heterocycles. The first kappa shape index (κ1) is 9.83. The van der Waals surface area contributed by atoms with Crippen molar-refractivity contribution in [2.24, 2.45) is 0 Å². The van der Waals surface area contributed by atoms with Gasteiger partial charge in [-0.3, -0.25) is 0 Å². The zero-order valence-corrected chi connectivity index (χ0v) is 10.6. The maximum absolute atomic E-state index is 4.53. The summed E-state index contributed by atoms with van der Waals surface area (Å²) in [6.45, 7) is 2.33. The third-order valence-corrected chi connectivity index (χ3v) is 5.09. The van der Waals surface area contributed by atoms with Gasteiger partial charge in [-0.2, -0.15) is 0 Å². The number of hydrogen-bond donors (Lipinski definition) is 0. The molecule has 0 unspecified atom stereocenters. The van der Waals surface area contributed by atoms with Crippen LogP contribution in [0.5, 0.6) is 0 Å². The number of anilines is 1. The van der Waals surface area contributed by atoms with Crippen LogP contribution in [0.1, 0.15) is 29.7 Å². The fourth-order valence-electron chi connectivity index (χ4n) is 2.84. The summed E-state index contributed by atoms with van der Waals surface area (Å²) in [6, 6.07) is 0. The van der Waals surface area contributed by atoms with Crippen LogP contribution >= 0.6 is 11.3 Å². The van der Waals surface area contributed by atoms with Crippen molar-refractivity contribution in [1.82, 2.24) is 9.97 Å². The number of rotatable bonds is 1. The van der Waals surface area contributed by atoms with E-state index in [4.69, 9.17) is 0 Å². The Hall–Kier alpha value is -1.16. The van der Waals surface area contributed by atoms with Gasteiger partial charge in [0.2, 0.25) is 0 Å².